The molecule has 2 unspecified atom stereocenters. The Morgan fingerprint density at radius 1 is 1.43 bits per heavy atom. The fourth-order valence-corrected chi connectivity index (χ4v) is 2.76. The first-order chi connectivity index (χ1) is 10.2. The third-order valence-corrected chi connectivity index (χ3v) is 3.79. The van der Waals surface area contributed by atoms with Crippen LogP contribution < -0.4 is 5.32 Å². The molecule has 0 amide bonds. The first-order valence-corrected chi connectivity index (χ1v) is 7.17. The highest BCUT2D eigenvalue weighted by atomic mass is 16.5. The lowest BCUT2D eigenvalue weighted by molar-refractivity contribution is -0.147. The van der Waals surface area contributed by atoms with Gasteiger partial charge in [0.1, 0.15) is 0 Å². The van der Waals surface area contributed by atoms with Crippen LogP contribution in [-0.2, 0) is 16.1 Å². The molecule has 0 saturated carbocycles. The Morgan fingerprint density at radius 2 is 2.19 bits per heavy atom. The molecule has 1 fully saturated rings. The summed E-state index contributed by atoms with van der Waals surface area (Å²) < 4.78 is 4.85. The molecule has 1 saturated heterocycles. The van der Waals surface area contributed by atoms with Gasteiger partial charge in [0, 0.05) is 25.7 Å². The number of rotatable bonds is 5. The van der Waals surface area contributed by atoms with Gasteiger partial charge in [-0.25, -0.2) is 0 Å². The predicted molar refractivity (Wildman–Crippen MR) is 79.2 cm³/mol. The molecule has 21 heavy (non-hydrogen) atoms. The number of methoxy groups -OCH3 is 1. The summed E-state index contributed by atoms with van der Waals surface area (Å²) in [5.74, 6) is -0.352. The van der Waals surface area contributed by atoms with Crippen molar-refractivity contribution in [2.24, 2.45) is 5.92 Å². The Hall–Kier alpha value is -1.90. The van der Waals surface area contributed by atoms with Crippen molar-refractivity contribution in [1.82, 2.24) is 10.2 Å². The number of nitrogens with one attached hydrogen (secondary N) is 1. The third-order valence-electron chi connectivity index (χ3n) is 3.79. The van der Waals surface area contributed by atoms with Crippen LogP contribution in [0.4, 0.5) is 0 Å². The molecule has 1 N–H and O–H groups in total. The van der Waals surface area contributed by atoms with Crippen molar-refractivity contribution in [2.45, 2.75) is 19.0 Å². The second-order valence-electron chi connectivity index (χ2n) is 5.37. The van der Waals surface area contributed by atoms with Crippen LogP contribution in [-0.4, -0.2) is 43.7 Å². The Kier molecular flexibility index (Phi) is 5.73. The number of hydrogen-bond donors (Lipinski definition) is 1. The van der Waals surface area contributed by atoms with E-state index in [0.29, 0.717) is 13.1 Å². The molecule has 2 atom stereocenters. The third kappa shape index (κ3) is 4.55. The van der Waals surface area contributed by atoms with Gasteiger partial charge in [0.05, 0.1) is 25.6 Å². The molecule has 5 heteroatoms. The highest BCUT2D eigenvalue weighted by Crippen LogP contribution is 2.18. The zero-order chi connectivity index (χ0) is 15.1. The average molecular weight is 287 g/mol. The van der Waals surface area contributed by atoms with E-state index in [1.807, 2.05) is 23.1 Å². The first-order valence-electron chi connectivity index (χ1n) is 7.17. The van der Waals surface area contributed by atoms with E-state index in [2.05, 4.69) is 23.5 Å². The van der Waals surface area contributed by atoms with E-state index in [9.17, 15) is 4.79 Å². The maximum Gasteiger partial charge on any atom is 0.310 e. The van der Waals surface area contributed by atoms with Crippen LogP contribution in [0.15, 0.2) is 30.3 Å². The predicted octanol–water partition coefficient (Wildman–Crippen LogP) is 1.16. The standard InChI is InChI=1S/C16H21N3O2/c1-21-16(20)14-9-15(12-19(11-14)8-7-17)18-10-13-5-3-2-4-6-13/h2-6,14-15,18H,8-12H2,1H3. The lowest BCUT2D eigenvalue weighted by Gasteiger charge is -2.35. The van der Waals surface area contributed by atoms with Crippen molar-refractivity contribution in [3.63, 3.8) is 0 Å². The summed E-state index contributed by atoms with van der Waals surface area (Å²) in [6.07, 6.45) is 0.751. The van der Waals surface area contributed by atoms with Gasteiger partial charge in [-0.05, 0) is 12.0 Å². The highest BCUT2D eigenvalue weighted by Gasteiger charge is 2.31. The van der Waals surface area contributed by atoms with Crippen molar-refractivity contribution in [2.75, 3.05) is 26.7 Å². The van der Waals surface area contributed by atoms with Gasteiger partial charge < -0.3 is 10.1 Å². The number of carbonyl (C=O) groups excluding carboxylic acids is 1. The molecule has 0 spiro atoms. The van der Waals surface area contributed by atoms with E-state index in [-0.39, 0.29) is 17.9 Å². The van der Waals surface area contributed by atoms with Gasteiger partial charge in [-0.1, -0.05) is 30.3 Å². The number of carbonyl (C=O) groups is 1. The van der Waals surface area contributed by atoms with Gasteiger partial charge in [0.25, 0.3) is 0 Å². The van der Waals surface area contributed by atoms with Crippen LogP contribution in [0.3, 0.4) is 0 Å². The number of piperidine rings is 1. The highest BCUT2D eigenvalue weighted by molar-refractivity contribution is 5.72. The molecular weight excluding hydrogens is 266 g/mol. The van der Waals surface area contributed by atoms with Crippen LogP contribution in [0, 0.1) is 17.2 Å². The summed E-state index contributed by atoms with van der Waals surface area (Å²) in [7, 11) is 1.41. The number of benzene rings is 1. The lowest BCUT2D eigenvalue weighted by atomic mass is 9.94. The molecule has 1 aromatic rings. The molecular formula is C16H21N3O2. The monoisotopic (exact) mass is 287 g/mol. The van der Waals surface area contributed by atoms with Crippen LogP contribution in [0.25, 0.3) is 0 Å². The molecule has 0 aromatic heterocycles. The van der Waals surface area contributed by atoms with E-state index >= 15 is 0 Å². The maximum atomic E-state index is 11.8. The molecule has 1 heterocycles. The minimum absolute atomic E-state index is 0.162. The zero-order valence-corrected chi connectivity index (χ0v) is 12.3. The summed E-state index contributed by atoms with van der Waals surface area (Å²) in [5.41, 5.74) is 1.21. The summed E-state index contributed by atoms with van der Waals surface area (Å²) in [6, 6.07) is 12.5. The van der Waals surface area contributed by atoms with Gasteiger partial charge in [-0.2, -0.15) is 5.26 Å². The number of nitriles is 1. The molecule has 1 aliphatic rings. The summed E-state index contributed by atoms with van der Waals surface area (Å²) >= 11 is 0. The van der Waals surface area contributed by atoms with Crippen molar-refractivity contribution < 1.29 is 9.53 Å². The van der Waals surface area contributed by atoms with E-state index in [0.717, 1.165) is 19.5 Å². The first kappa shape index (κ1) is 15.5. The Morgan fingerprint density at radius 3 is 2.86 bits per heavy atom. The Balaban J connectivity index is 1.94. The second kappa shape index (κ2) is 7.77. The van der Waals surface area contributed by atoms with Gasteiger partial charge in [0.15, 0.2) is 0 Å². The number of esters is 1. The van der Waals surface area contributed by atoms with E-state index in [1.165, 1.54) is 12.7 Å². The number of nitrogens with zero attached hydrogens (tertiary/aromatic N) is 2. The van der Waals surface area contributed by atoms with Gasteiger partial charge in [-0.3, -0.25) is 9.69 Å². The molecule has 5 nitrogen and oxygen atoms in total. The van der Waals surface area contributed by atoms with Crippen molar-refractivity contribution in [3.05, 3.63) is 35.9 Å². The normalized spacial score (nSPS) is 22.5. The van der Waals surface area contributed by atoms with Crippen LogP contribution in [0.2, 0.25) is 0 Å². The molecule has 0 aliphatic carbocycles. The lowest BCUT2D eigenvalue weighted by Crippen LogP contribution is -2.51. The quantitative estimate of drug-likeness (QED) is 0.650. The van der Waals surface area contributed by atoms with Crippen molar-refractivity contribution in [1.29, 1.82) is 5.26 Å². The van der Waals surface area contributed by atoms with Gasteiger partial charge >= 0.3 is 5.97 Å². The molecule has 1 aromatic carbocycles. The minimum Gasteiger partial charge on any atom is -0.469 e. The topological polar surface area (TPSA) is 65.4 Å². The zero-order valence-electron chi connectivity index (χ0n) is 12.3. The smallest absolute Gasteiger partial charge is 0.310 e. The molecule has 0 bridgehead atoms. The summed E-state index contributed by atoms with van der Waals surface area (Å²) in [4.78, 5) is 13.8. The minimum atomic E-state index is -0.191. The number of hydrogen-bond acceptors (Lipinski definition) is 5. The summed E-state index contributed by atoms with van der Waals surface area (Å²) in [6.45, 7) is 2.49. The fraction of sp³-hybridized carbons (Fsp3) is 0.500. The maximum absolute atomic E-state index is 11.8. The summed E-state index contributed by atoms with van der Waals surface area (Å²) in [5, 5.41) is 12.3. The second-order valence-corrected chi connectivity index (χ2v) is 5.37. The van der Waals surface area contributed by atoms with E-state index in [1.54, 1.807) is 0 Å². The molecule has 1 aliphatic heterocycles. The van der Waals surface area contributed by atoms with Gasteiger partial charge in [0.2, 0.25) is 0 Å². The van der Waals surface area contributed by atoms with E-state index < -0.39 is 0 Å². The molecule has 112 valence electrons. The van der Waals surface area contributed by atoms with Crippen molar-refractivity contribution >= 4 is 5.97 Å². The van der Waals surface area contributed by atoms with Crippen LogP contribution in [0.1, 0.15) is 12.0 Å². The Bertz CT molecular complexity index is 498. The molecule has 2 rings (SSSR count). The number of ether oxygens (including phenoxy) is 1. The molecule has 0 radical (unpaired) electrons. The van der Waals surface area contributed by atoms with Gasteiger partial charge in [-0.15, -0.1) is 0 Å². The van der Waals surface area contributed by atoms with Crippen molar-refractivity contribution in [3.8, 4) is 6.07 Å². The van der Waals surface area contributed by atoms with E-state index in [4.69, 9.17) is 10.00 Å². The Labute approximate surface area is 125 Å². The largest absolute Gasteiger partial charge is 0.469 e. The van der Waals surface area contributed by atoms with Crippen LogP contribution >= 0.6 is 0 Å². The fourth-order valence-electron chi connectivity index (χ4n) is 2.76. The number of likely N-dealkylation sites (tertiary alicyclic amines) is 1. The average Bonchev–Trinajstić information content (AvgIpc) is 2.53. The SMILES string of the molecule is COC(=O)C1CC(NCc2ccccc2)CN(CC#N)C1. The van der Waals surface area contributed by atoms with Crippen LogP contribution in [0.5, 0.6) is 0 Å².